The molecule has 2 aromatic carbocycles. The van der Waals surface area contributed by atoms with E-state index in [1.807, 2.05) is 11.8 Å². The number of likely N-dealkylation sites (N-methyl/N-ethyl adjacent to an activating group) is 4. The molecule has 34 heavy (non-hydrogen) atoms. The molecule has 0 atom stereocenters. The number of hydrogen-bond acceptors (Lipinski definition) is 6. The Balaban J connectivity index is 1.74. The molecular formula is C28H45N5S. The third-order valence-corrected chi connectivity index (χ3v) is 8.19. The van der Waals surface area contributed by atoms with Gasteiger partial charge in [-0.1, -0.05) is 39.5 Å². The summed E-state index contributed by atoms with van der Waals surface area (Å²) in [5, 5.41) is 3.67. The first kappa shape index (κ1) is 26.7. The van der Waals surface area contributed by atoms with E-state index in [4.69, 9.17) is 0 Å². The lowest BCUT2D eigenvalue weighted by atomic mass is 10.2. The van der Waals surface area contributed by atoms with Gasteiger partial charge >= 0.3 is 0 Å². The van der Waals surface area contributed by atoms with E-state index in [0.717, 1.165) is 65.4 Å². The third kappa shape index (κ3) is 6.61. The molecule has 0 radical (unpaired) electrons. The summed E-state index contributed by atoms with van der Waals surface area (Å²) < 4.78 is 0. The van der Waals surface area contributed by atoms with Crippen LogP contribution in [0.2, 0.25) is 0 Å². The lowest BCUT2D eigenvalue weighted by Gasteiger charge is -2.30. The van der Waals surface area contributed by atoms with Gasteiger partial charge in [0, 0.05) is 60.4 Å². The summed E-state index contributed by atoms with van der Waals surface area (Å²) in [6, 6.07) is 13.8. The normalized spacial score (nSPS) is 12.5. The van der Waals surface area contributed by atoms with E-state index in [0.29, 0.717) is 0 Å². The second-order valence-electron chi connectivity index (χ2n) is 8.80. The maximum atomic E-state index is 3.67. The molecule has 5 nitrogen and oxygen atoms in total. The van der Waals surface area contributed by atoms with Crippen LogP contribution in [-0.2, 0) is 0 Å². The third-order valence-electron chi connectivity index (χ3n) is 7.07. The molecule has 1 heterocycles. The molecule has 2 aromatic rings. The zero-order valence-corrected chi connectivity index (χ0v) is 23.0. The molecule has 0 amide bonds. The fourth-order valence-electron chi connectivity index (χ4n) is 4.60. The van der Waals surface area contributed by atoms with E-state index in [1.165, 1.54) is 32.5 Å². The molecule has 0 unspecified atom stereocenters. The van der Waals surface area contributed by atoms with Crippen LogP contribution >= 0.6 is 11.8 Å². The molecule has 0 bridgehead atoms. The standard InChI is InChI=1S/C28H45N5S/c1-7-30(8-2)17-19-32(11-5)23-13-15-25-27(21-23)34-28-22-24(14-16-26(28)29-25)33(12-6)20-18-31(9-3)10-4/h13-16,21-22,29H,7-12,17-20H2,1-6H3. The van der Waals surface area contributed by atoms with Gasteiger partial charge in [-0.25, -0.2) is 0 Å². The van der Waals surface area contributed by atoms with Gasteiger partial charge in [-0.05, 0) is 76.4 Å². The Morgan fingerprint density at radius 1 is 0.559 bits per heavy atom. The van der Waals surface area contributed by atoms with Crippen LogP contribution in [-0.4, -0.2) is 75.2 Å². The number of rotatable bonds is 14. The summed E-state index contributed by atoms with van der Waals surface area (Å²) in [4.78, 5) is 12.6. The number of benzene rings is 2. The molecule has 0 saturated carbocycles. The van der Waals surface area contributed by atoms with Crippen molar-refractivity contribution >= 4 is 34.5 Å². The molecule has 0 fully saturated rings. The first-order valence-corrected chi connectivity index (χ1v) is 14.1. The van der Waals surface area contributed by atoms with E-state index >= 15 is 0 Å². The average Bonchev–Trinajstić information content (AvgIpc) is 2.87. The Bertz CT molecular complexity index is 823. The smallest absolute Gasteiger partial charge is 0.0527 e. The lowest BCUT2D eigenvalue weighted by molar-refractivity contribution is 0.310. The fourth-order valence-corrected chi connectivity index (χ4v) is 5.65. The molecule has 1 aliphatic rings. The molecule has 188 valence electrons. The van der Waals surface area contributed by atoms with Crippen LogP contribution in [0.1, 0.15) is 41.5 Å². The monoisotopic (exact) mass is 483 g/mol. The van der Waals surface area contributed by atoms with Crippen molar-refractivity contribution in [2.75, 3.05) is 80.6 Å². The number of nitrogens with zero attached hydrogens (tertiary/aromatic N) is 4. The number of anilines is 4. The molecule has 6 heteroatoms. The molecule has 1 N–H and O–H groups in total. The molecular weight excluding hydrogens is 438 g/mol. The number of hydrogen-bond donors (Lipinski definition) is 1. The predicted molar refractivity (Wildman–Crippen MR) is 152 cm³/mol. The van der Waals surface area contributed by atoms with Crippen molar-refractivity contribution in [1.29, 1.82) is 0 Å². The Kier molecular flexibility index (Phi) is 10.4. The van der Waals surface area contributed by atoms with Gasteiger partial charge in [0.25, 0.3) is 0 Å². The fraction of sp³-hybridized carbons (Fsp3) is 0.571. The molecule has 0 spiro atoms. The van der Waals surface area contributed by atoms with Crippen molar-refractivity contribution in [3.05, 3.63) is 36.4 Å². The minimum Gasteiger partial charge on any atom is -0.370 e. The van der Waals surface area contributed by atoms with Gasteiger partial charge in [0.05, 0.1) is 11.4 Å². The van der Waals surface area contributed by atoms with Crippen LogP contribution in [0.5, 0.6) is 0 Å². The van der Waals surface area contributed by atoms with Crippen molar-refractivity contribution in [2.45, 2.75) is 51.3 Å². The van der Waals surface area contributed by atoms with Gasteiger partial charge in [-0.2, -0.15) is 0 Å². The van der Waals surface area contributed by atoms with Crippen molar-refractivity contribution in [3.8, 4) is 0 Å². The summed E-state index contributed by atoms with van der Waals surface area (Å²) in [6.45, 7) is 24.3. The van der Waals surface area contributed by atoms with Crippen molar-refractivity contribution < 1.29 is 0 Å². The van der Waals surface area contributed by atoms with E-state index in [2.05, 4.69) is 103 Å². The highest BCUT2D eigenvalue weighted by Crippen LogP contribution is 2.46. The maximum Gasteiger partial charge on any atom is 0.0527 e. The molecule has 0 aromatic heterocycles. The van der Waals surface area contributed by atoms with Gasteiger partial charge in [0.2, 0.25) is 0 Å². The zero-order chi connectivity index (χ0) is 24.5. The predicted octanol–water partition coefficient (Wildman–Crippen LogP) is 6.23. The Morgan fingerprint density at radius 2 is 0.971 bits per heavy atom. The first-order chi connectivity index (χ1) is 16.6. The van der Waals surface area contributed by atoms with Crippen molar-refractivity contribution in [1.82, 2.24) is 9.80 Å². The van der Waals surface area contributed by atoms with Crippen LogP contribution in [0.4, 0.5) is 22.7 Å². The van der Waals surface area contributed by atoms with Crippen molar-refractivity contribution in [3.63, 3.8) is 0 Å². The van der Waals surface area contributed by atoms with Crippen LogP contribution in [0.3, 0.4) is 0 Å². The van der Waals surface area contributed by atoms with Crippen LogP contribution < -0.4 is 15.1 Å². The lowest BCUT2D eigenvalue weighted by Crippen LogP contribution is -2.35. The molecule has 0 saturated heterocycles. The van der Waals surface area contributed by atoms with Crippen molar-refractivity contribution in [2.24, 2.45) is 0 Å². The highest BCUT2D eigenvalue weighted by molar-refractivity contribution is 7.99. The quantitative estimate of drug-likeness (QED) is 0.292. The van der Waals surface area contributed by atoms with Crippen LogP contribution in [0.15, 0.2) is 46.2 Å². The summed E-state index contributed by atoms with van der Waals surface area (Å²) in [7, 11) is 0. The van der Waals surface area contributed by atoms with Gasteiger partial charge in [0.1, 0.15) is 0 Å². The van der Waals surface area contributed by atoms with E-state index in [9.17, 15) is 0 Å². The van der Waals surface area contributed by atoms with Gasteiger partial charge in [-0.3, -0.25) is 0 Å². The second-order valence-corrected chi connectivity index (χ2v) is 9.88. The van der Waals surface area contributed by atoms with E-state index in [1.54, 1.807) is 0 Å². The average molecular weight is 484 g/mol. The maximum absolute atomic E-state index is 3.67. The molecule has 0 aliphatic carbocycles. The zero-order valence-electron chi connectivity index (χ0n) is 22.2. The Morgan fingerprint density at radius 3 is 1.32 bits per heavy atom. The van der Waals surface area contributed by atoms with Crippen LogP contribution in [0, 0.1) is 0 Å². The highest BCUT2D eigenvalue weighted by atomic mass is 32.2. The second kappa shape index (κ2) is 13.3. The van der Waals surface area contributed by atoms with E-state index < -0.39 is 0 Å². The minimum atomic E-state index is 1.02. The summed E-state index contributed by atoms with van der Waals surface area (Å²) >= 11 is 1.90. The largest absolute Gasteiger partial charge is 0.370 e. The Hall–Kier alpha value is -1.89. The summed E-state index contributed by atoms with van der Waals surface area (Å²) in [5.74, 6) is 0. The van der Waals surface area contributed by atoms with Gasteiger partial charge in [0.15, 0.2) is 0 Å². The van der Waals surface area contributed by atoms with Gasteiger partial charge < -0.3 is 24.9 Å². The topological polar surface area (TPSA) is 25.0 Å². The summed E-state index contributed by atoms with van der Waals surface area (Å²) in [6.07, 6.45) is 0. The Labute approximate surface area is 212 Å². The number of nitrogens with one attached hydrogen (secondary N) is 1. The summed E-state index contributed by atoms with van der Waals surface area (Å²) in [5.41, 5.74) is 5.05. The van der Waals surface area contributed by atoms with Gasteiger partial charge in [-0.15, -0.1) is 0 Å². The number of fused-ring (bicyclic) bond motifs is 2. The van der Waals surface area contributed by atoms with Crippen LogP contribution in [0.25, 0.3) is 0 Å². The van der Waals surface area contributed by atoms with E-state index in [-0.39, 0.29) is 0 Å². The SMILES string of the molecule is CCN(CC)CCN(CC)c1ccc2c(c1)Sc1cc(N(CC)CCN(CC)CC)ccc1N2. The molecule has 3 rings (SSSR count). The first-order valence-electron chi connectivity index (χ1n) is 13.2. The highest BCUT2D eigenvalue weighted by Gasteiger charge is 2.19. The molecule has 1 aliphatic heterocycles. The minimum absolute atomic E-state index is 1.02.